The Morgan fingerprint density at radius 3 is 2.36 bits per heavy atom. The van der Waals surface area contributed by atoms with Gasteiger partial charge in [0, 0.05) is 7.05 Å². The smallest absolute Gasteiger partial charge is 0.305 e. The minimum absolute atomic E-state index is 0.0646. The van der Waals surface area contributed by atoms with Gasteiger partial charge in [-0.3, -0.25) is 9.59 Å². The van der Waals surface area contributed by atoms with Crippen molar-refractivity contribution in [2.45, 2.75) is 45.9 Å². The Balaban J connectivity index is 3.09. The Morgan fingerprint density at radius 1 is 1.28 bits per heavy atom. The largest absolute Gasteiger partial charge is 0.481 e. The van der Waals surface area contributed by atoms with E-state index in [4.69, 9.17) is 15.6 Å². The number of carboxylic acids is 1. The number of carbonyl (C=O) groups is 2. The molecule has 1 aromatic rings. The first kappa shape index (κ1) is 20.6. The summed E-state index contributed by atoms with van der Waals surface area (Å²) in [5.41, 5.74) is 6.36. The molecule has 0 radical (unpaired) electrons. The molecule has 138 valence electrons. The van der Waals surface area contributed by atoms with Crippen LogP contribution in [0.15, 0.2) is 35.3 Å². The number of nitrogens with two attached hydrogens (primary N) is 1. The van der Waals surface area contributed by atoms with E-state index >= 15 is 0 Å². The molecule has 0 unspecified atom stereocenters. The molecule has 1 aromatic carbocycles. The third kappa shape index (κ3) is 6.93. The number of likely N-dealkylation sites (N-methyl/N-ethyl adjacent to an activating group) is 1. The molecule has 7 heteroatoms. The summed E-state index contributed by atoms with van der Waals surface area (Å²) in [6.45, 7) is 5.80. The molecule has 1 rings (SSSR count). The van der Waals surface area contributed by atoms with E-state index in [0.29, 0.717) is 0 Å². The maximum Gasteiger partial charge on any atom is 0.305 e. The predicted octanol–water partition coefficient (Wildman–Crippen LogP) is 1.56. The van der Waals surface area contributed by atoms with Gasteiger partial charge in [-0.25, -0.2) is 4.99 Å². The second kappa shape index (κ2) is 9.17. The van der Waals surface area contributed by atoms with Crippen LogP contribution < -0.4 is 11.1 Å². The zero-order valence-electron chi connectivity index (χ0n) is 15.2. The van der Waals surface area contributed by atoms with Gasteiger partial charge in [-0.2, -0.15) is 0 Å². The van der Waals surface area contributed by atoms with Crippen molar-refractivity contribution in [2.24, 2.45) is 16.1 Å². The molecule has 0 saturated carbocycles. The van der Waals surface area contributed by atoms with E-state index in [0.717, 1.165) is 5.56 Å². The summed E-state index contributed by atoms with van der Waals surface area (Å²) in [7, 11) is 1.53. The van der Waals surface area contributed by atoms with Crippen LogP contribution in [0.1, 0.15) is 32.8 Å². The molecule has 0 bridgehead atoms. The molecule has 0 aliphatic heterocycles. The molecular formula is C18H27N3O4. The predicted molar refractivity (Wildman–Crippen MR) is 96.2 cm³/mol. The zero-order chi connectivity index (χ0) is 19.0. The van der Waals surface area contributed by atoms with E-state index in [2.05, 4.69) is 10.3 Å². The molecule has 1 amide bonds. The summed E-state index contributed by atoms with van der Waals surface area (Å²) >= 11 is 0. The molecular weight excluding hydrogens is 322 g/mol. The Hall–Kier alpha value is -2.41. The number of nitrogens with zero attached hydrogens (tertiary/aromatic N) is 1. The van der Waals surface area contributed by atoms with Gasteiger partial charge in [0.15, 0.2) is 0 Å². The van der Waals surface area contributed by atoms with Crippen LogP contribution in [-0.4, -0.2) is 42.0 Å². The summed E-state index contributed by atoms with van der Waals surface area (Å²) in [5, 5.41) is 11.6. The molecule has 0 heterocycles. The Labute approximate surface area is 148 Å². The van der Waals surface area contributed by atoms with Crippen molar-refractivity contribution in [1.82, 2.24) is 5.32 Å². The van der Waals surface area contributed by atoms with Crippen molar-refractivity contribution in [3.05, 3.63) is 35.9 Å². The number of benzene rings is 1. The number of amides is 1. The monoisotopic (exact) mass is 349 g/mol. The van der Waals surface area contributed by atoms with E-state index in [1.165, 1.54) is 7.05 Å². The summed E-state index contributed by atoms with van der Waals surface area (Å²) in [6.07, 6.45) is -0.335. The van der Waals surface area contributed by atoms with Crippen LogP contribution in [0.3, 0.4) is 0 Å². The van der Waals surface area contributed by atoms with E-state index in [9.17, 15) is 9.59 Å². The number of aliphatic imine (C=N–C) groups is 1. The van der Waals surface area contributed by atoms with Gasteiger partial charge >= 0.3 is 5.97 Å². The fourth-order valence-corrected chi connectivity index (χ4v) is 2.16. The number of carboxylic acid groups (broad SMARTS) is 1. The zero-order valence-corrected chi connectivity index (χ0v) is 15.2. The van der Waals surface area contributed by atoms with E-state index in [1.807, 2.05) is 51.1 Å². The summed E-state index contributed by atoms with van der Waals surface area (Å²) in [5.74, 6) is -1.28. The van der Waals surface area contributed by atoms with Crippen LogP contribution in [0.5, 0.6) is 0 Å². The first-order chi connectivity index (χ1) is 11.6. The van der Waals surface area contributed by atoms with Crippen LogP contribution in [0.25, 0.3) is 0 Å². The first-order valence-electron chi connectivity index (χ1n) is 8.08. The summed E-state index contributed by atoms with van der Waals surface area (Å²) in [4.78, 5) is 27.6. The van der Waals surface area contributed by atoms with Gasteiger partial charge in [0.1, 0.15) is 12.6 Å². The van der Waals surface area contributed by atoms with Crippen LogP contribution in [-0.2, 0) is 20.9 Å². The highest BCUT2D eigenvalue weighted by Gasteiger charge is 2.32. The molecule has 0 spiro atoms. The average molecular weight is 349 g/mol. The molecule has 2 atom stereocenters. The van der Waals surface area contributed by atoms with Crippen LogP contribution in [0, 0.1) is 5.41 Å². The van der Waals surface area contributed by atoms with Crippen LogP contribution in [0.4, 0.5) is 0 Å². The van der Waals surface area contributed by atoms with Crippen LogP contribution in [0.2, 0.25) is 0 Å². The van der Waals surface area contributed by atoms with Gasteiger partial charge in [0.2, 0.25) is 11.8 Å². The second-order valence-corrected chi connectivity index (χ2v) is 6.83. The number of hydrogen-bond donors (Lipinski definition) is 3. The van der Waals surface area contributed by atoms with Crippen molar-refractivity contribution in [3.63, 3.8) is 0 Å². The average Bonchev–Trinajstić information content (AvgIpc) is 2.53. The highest BCUT2D eigenvalue weighted by Crippen LogP contribution is 2.23. The Morgan fingerprint density at radius 2 is 1.88 bits per heavy atom. The number of ether oxygens (including phenoxy) is 1. The Bertz CT molecular complexity index is 608. The third-order valence-electron chi connectivity index (χ3n) is 3.51. The van der Waals surface area contributed by atoms with Gasteiger partial charge in [-0.1, -0.05) is 51.1 Å². The van der Waals surface area contributed by atoms with Crippen molar-refractivity contribution in [3.8, 4) is 0 Å². The number of aliphatic carboxylic acids is 1. The normalized spacial score (nSPS) is 14.5. The third-order valence-corrected chi connectivity index (χ3v) is 3.51. The quantitative estimate of drug-likeness (QED) is 0.511. The Kier molecular flexibility index (Phi) is 7.57. The lowest BCUT2D eigenvalue weighted by Gasteiger charge is -2.27. The van der Waals surface area contributed by atoms with Crippen LogP contribution >= 0.6 is 0 Å². The first-order valence-corrected chi connectivity index (χ1v) is 8.08. The van der Waals surface area contributed by atoms with Gasteiger partial charge in [-0.15, -0.1) is 0 Å². The summed E-state index contributed by atoms with van der Waals surface area (Å²) < 4.78 is 5.69. The molecule has 0 aromatic heterocycles. The molecule has 0 aliphatic carbocycles. The highest BCUT2D eigenvalue weighted by molar-refractivity contribution is 5.90. The van der Waals surface area contributed by atoms with Gasteiger partial charge in [0.05, 0.1) is 12.5 Å². The molecule has 0 fully saturated rings. The fraction of sp³-hybridized carbons (Fsp3) is 0.500. The lowest BCUT2D eigenvalue weighted by Crippen LogP contribution is -2.43. The topological polar surface area (TPSA) is 114 Å². The van der Waals surface area contributed by atoms with Gasteiger partial charge in [0.25, 0.3) is 0 Å². The lowest BCUT2D eigenvalue weighted by molar-refractivity contribution is -0.137. The fourth-order valence-electron chi connectivity index (χ4n) is 2.16. The summed E-state index contributed by atoms with van der Waals surface area (Å²) in [6, 6.07) is 7.69. The maximum atomic E-state index is 12.2. The minimum atomic E-state index is -1.06. The van der Waals surface area contributed by atoms with Crippen molar-refractivity contribution < 1.29 is 19.4 Å². The number of rotatable bonds is 7. The molecule has 0 aliphatic rings. The number of nitrogens with one attached hydrogen (secondary N) is 1. The molecule has 7 nitrogen and oxygen atoms in total. The van der Waals surface area contributed by atoms with E-state index < -0.39 is 23.5 Å². The maximum absolute atomic E-state index is 12.2. The van der Waals surface area contributed by atoms with Crippen molar-refractivity contribution in [1.29, 1.82) is 0 Å². The second-order valence-electron chi connectivity index (χ2n) is 6.83. The number of carbonyl (C=O) groups excluding carboxylic acids is 1. The minimum Gasteiger partial charge on any atom is -0.481 e. The molecule has 25 heavy (non-hydrogen) atoms. The molecule has 4 N–H and O–H groups in total. The molecule has 0 saturated heterocycles. The van der Waals surface area contributed by atoms with Crippen molar-refractivity contribution in [2.75, 3.05) is 7.05 Å². The lowest BCUT2D eigenvalue weighted by atomic mass is 9.86. The van der Waals surface area contributed by atoms with Crippen molar-refractivity contribution >= 4 is 17.8 Å². The standard InChI is InChI=1S/C18H27N3O4/c1-18(2,3)15(16(24)20-4)21-17(13(19)10-14(22)23)25-11-12-8-6-5-7-9-12/h5-9,13,15H,10-11,19H2,1-4H3,(H,20,24)(H,22,23)/t13-,15-/m1/s1. The highest BCUT2D eigenvalue weighted by atomic mass is 16.5. The van der Waals surface area contributed by atoms with Gasteiger partial charge < -0.3 is 20.9 Å². The number of hydrogen-bond acceptors (Lipinski definition) is 5. The van der Waals surface area contributed by atoms with E-state index in [1.54, 1.807) is 0 Å². The SMILES string of the molecule is CNC(=O)[C@@H](N=C(OCc1ccccc1)[C@H](N)CC(=O)O)C(C)(C)C. The van der Waals surface area contributed by atoms with E-state index in [-0.39, 0.29) is 24.8 Å². The van der Waals surface area contributed by atoms with Gasteiger partial charge in [-0.05, 0) is 11.0 Å².